The van der Waals surface area contributed by atoms with Crippen molar-refractivity contribution in [1.82, 2.24) is 4.72 Å². The summed E-state index contributed by atoms with van der Waals surface area (Å²) in [5, 5.41) is 8.56. The molecular weight excluding hydrogens is 238 g/mol. The van der Waals surface area contributed by atoms with Gasteiger partial charge in [-0.3, -0.25) is 0 Å². The molecule has 0 aliphatic heterocycles. The largest absolute Gasteiger partial charge is 0.251 e. The molecule has 0 unspecified atom stereocenters. The normalized spacial score (nSPS) is 11.4. The molecule has 4 nitrogen and oxygen atoms in total. The van der Waals surface area contributed by atoms with Crippen LogP contribution >= 0.6 is 0 Å². The Bertz CT molecular complexity index is 508. The van der Waals surface area contributed by atoms with E-state index >= 15 is 0 Å². The molecule has 0 saturated carbocycles. The lowest BCUT2D eigenvalue weighted by Gasteiger charge is -2.05. The summed E-state index contributed by atoms with van der Waals surface area (Å²) >= 11 is 0. The third-order valence-corrected chi connectivity index (χ3v) is 3.12. The second kappa shape index (κ2) is 5.01. The van der Waals surface area contributed by atoms with E-state index in [2.05, 4.69) is 0 Å². The van der Waals surface area contributed by atoms with Gasteiger partial charge in [-0.05, 0) is 18.2 Å². The van der Waals surface area contributed by atoms with Gasteiger partial charge in [-0.15, -0.1) is 0 Å². The molecule has 0 aromatic heterocycles. The molecule has 7 heteroatoms. The van der Waals surface area contributed by atoms with Crippen molar-refractivity contribution in [3.8, 4) is 6.07 Å². The SMILES string of the molecule is N#Cc1cccc(S(=O)(=O)NCC(F)F)c1. The summed E-state index contributed by atoms with van der Waals surface area (Å²) in [6.45, 7) is -0.945. The Hall–Kier alpha value is -1.52. The van der Waals surface area contributed by atoms with Gasteiger partial charge in [0.25, 0.3) is 6.43 Å². The van der Waals surface area contributed by atoms with Gasteiger partial charge in [0, 0.05) is 0 Å². The molecule has 0 aliphatic rings. The standard InChI is InChI=1S/C9H8F2N2O2S/c10-9(11)6-13-16(14,15)8-3-1-2-7(4-8)5-12/h1-4,9,13H,6H2. The topological polar surface area (TPSA) is 70.0 Å². The molecule has 0 radical (unpaired) electrons. The first kappa shape index (κ1) is 12.5. The fourth-order valence-electron chi connectivity index (χ4n) is 0.989. The number of hydrogen-bond donors (Lipinski definition) is 1. The number of nitrogens with one attached hydrogen (secondary N) is 1. The molecule has 0 amide bonds. The Kier molecular flexibility index (Phi) is 3.93. The highest BCUT2D eigenvalue weighted by molar-refractivity contribution is 7.89. The number of rotatable bonds is 4. The monoisotopic (exact) mass is 246 g/mol. The van der Waals surface area contributed by atoms with E-state index in [4.69, 9.17) is 5.26 Å². The highest BCUT2D eigenvalue weighted by Gasteiger charge is 2.16. The minimum absolute atomic E-state index is 0.153. The summed E-state index contributed by atoms with van der Waals surface area (Å²) in [6, 6.07) is 6.91. The molecule has 0 aliphatic carbocycles. The van der Waals surface area contributed by atoms with Crippen molar-refractivity contribution in [2.24, 2.45) is 0 Å². The van der Waals surface area contributed by atoms with Gasteiger partial charge >= 0.3 is 0 Å². The van der Waals surface area contributed by atoms with Gasteiger partial charge in [0.1, 0.15) is 0 Å². The van der Waals surface area contributed by atoms with Crippen molar-refractivity contribution in [1.29, 1.82) is 5.26 Å². The fourth-order valence-corrected chi connectivity index (χ4v) is 2.04. The van der Waals surface area contributed by atoms with Crippen LogP contribution in [0.5, 0.6) is 0 Å². The molecule has 0 heterocycles. The lowest BCUT2D eigenvalue weighted by atomic mass is 10.2. The lowest BCUT2D eigenvalue weighted by molar-refractivity contribution is 0.153. The van der Waals surface area contributed by atoms with Crippen LogP contribution in [0.25, 0.3) is 0 Å². The summed E-state index contributed by atoms with van der Waals surface area (Å²) in [5.41, 5.74) is 0.153. The van der Waals surface area contributed by atoms with Crippen LogP contribution in [0, 0.1) is 11.3 Å². The zero-order valence-electron chi connectivity index (χ0n) is 8.02. The number of hydrogen-bond acceptors (Lipinski definition) is 3. The van der Waals surface area contributed by atoms with Gasteiger partial charge in [0.2, 0.25) is 10.0 Å². The highest BCUT2D eigenvalue weighted by atomic mass is 32.2. The zero-order valence-corrected chi connectivity index (χ0v) is 8.84. The van der Waals surface area contributed by atoms with Gasteiger partial charge in [-0.1, -0.05) is 6.07 Å². The van der Waals surface area contributed by atoms with Crippen LogP contribution in [0.15, 0.2) is 29.2 Å². The molecule has 0 saturated heterocycles. The molecule has 0 atom stereocenters. The molecule has 0 fully saturated rings. The predicted octanol–water partition coefficient (Wildman–Crippen LogP) is 1.10. The molecular formula is C9H8F2N2O2S. The van der Waals surface area contributed by atoms with Crippen molar-refractivity contribution in [3.63, 3.8) is 0 Å². The summed E-state index contributed by atoms with van der Waals surface area (Å²) < 4.78 is 48.3. The average Bonchev–Trinajstić information content (AvgIpc) is 2.27. The van der Waals surface area contributed by atoms with Crippen molar-refractivity contribution in [3.05, 3.63) is 29.8 Å². The summed E-state index contributed by atoms with van der Waals surface area (Å²) in [7, 11) is -3.97. The van der Waals surface area contributed by atoms with Crippen LogP contribution in [0.3, 0.4) is 0 Å². The fraction of sp³-hybridized carbons (Fsp3) is 0.222. The van der Waals surface area contributed by atoms with Gasteiger partial charge in [-0.2, -0.15) is 5.26 Å². The molecule has 1 aromatic rings. The van der Waals surface area contributed by atoms with Crippen molar-refractivity contribution in [2.75, 3.05) is 6.54 Å². The summed E-state index contributed by atoms with van der Waals surface area (Å²) in [4.78, 5) is -0.202. The second-order valence-corrected chi connectivity index (χ2v) is 4.65. The molecule has 86 valence electrons. The first-order chi connectivity index (χ1) is 7.45. The molecule has 0 bridgehead atoms. The maximum atomic E-state index is 11.8. The predicted molar refractivity (Wildman–Crippen MR) is 52.3 cm³/mol. The quantitative estimate of drug-likeness (QED) is 0.864. The number of benzene rings is 1. The maximum Gasteiger partial charge on any atom is 0.251 e. The Balaban J connectivity index is 2.95. The third-order valence-electron chi connectivity index (χ3n) is 1.70. The highest BCUT2D eigenvalue weighted by Crippen LogP contribution is 2.10. The minimum Gasteiger partial charge on any atom is -0.209 e. The Morgan fingerprint density at radius 3 is 2.69 bits per heavy atom. The van der Waals surface area contributed by atoms with Crippen molar-refractivity contribution < 1.29 is 17.2 Å². The average molecular weight is 246 g/mol. The molecule has 1 aromatic carbocycles. The van der Waals surface area contributed by atoms with E-state index in [-0.39, 0.29) is 10.5 Å². The van der Waals surface area contributed by atoms with E-state index in [1.165, 1.54) is 18.2 Å². The van der Waals surface area contributed by atoms with Crippen molar-refractivity contribution >= 4 is 10.0 Å². The van der Waals surface area contributed by atoms with E-state index in [0.717, 1.165) is 6.07 Å². The zero-order chi connectivity index (χ0) is 12.2. The molecule has 0 spiro atoms. The van der Waals surface area contributed by atoms with Gasteiger partial charge in [-0.25, -0.2) is 21.9 Å². The van der Waals surface area contributed by atoms with Crippen LogP contribution in [0.1, 0.15) is 5.56 Å². The number of alkyl halides is 2. The molecule has 16 heavy (non-hydrogen) atoms. The van der Waals surface area contributed by atoms with E-state index in [1.54, 1.807) is 10.8 Å². The smallest absolute Gasteiger partial charge is 0.209 e. The minimum atomic E-state index is -3.97. The number of sulfonamides is 1. The van der Waals surface area contributed by atoms with Gasteiger partial charge in [0.05, 0.1) is 23.1 Å². The number of halogens is 2. The number of nitrogens with zero attached hydrogens (tertiary/aromatic N) is 1. The summed E-state index contributed by atoms with van der Waals surface area (Å²) in [5.74, 6) is 0. The van der Waals surface area contributed by atoms with Crippen LogP contribution in [0.4, 0.5) is 8.78 Å². The summed E-state index contributed by atoms with van der Waals surface area (Å²) in [6.07, 6.45) is -2.76. The molecule has 1 rings (SSSR count). The van der Waals surface area contributed by atoms with E-state index in [1.807, 2.05) is 0 Å². The van der Waals surface area contributed by atoms with Crippen LogP contribution in [-0.4, -0.2) is 21.4 Å². The Morgan fingerprint density at radius 2 is 2.12 bits per heavy atom. The van der Waals surface area contributed by atoms with E-state index < -0.39 is 23.0 Å². The van der Waals surface area contributed by atoms with E-state index in [9.17, 15) is 17.2 Å². The molecule has 1 N–H and O–H groups in total. The van der Waals surface area contributed by atoms with Crippen LogP contribution < -0.4 is 4.72 Å². The first-order valence-electron chi connectivity index (χ1n) is 4.23. The third kappa shape index (κ3) is 3.25. The van der Waals surface area contributed by atoms with E-state index in [0.29, 0.717) is 0 Å². The number of nitriles is 1. The van der Waals surface area contributed by atoms with Crippen molar-refractivity contribution in [2.45, 2.75) is 11.3 Å². The van der Waals surface area contributed by atoms with Gasteiger partial charge in [0.15, 0.2) is 0 Å². The Morgan fingerprint density at radius 1 is 1.44 bits per heavy atom. The van der Waals surface area contributed by atoms with Gasteiger partial charge < -0.3 is 0 Å². The lowest BCUT2D eigenvalue weighted by Crippen LogP contribution is -2.28. The first-order valence-corrected chi connectivity index (χ1v) is 5.72. The van der Waals surface area contributed by atoms with Crippen LogP contribution in [-0.2, 0) is 10.0 Å². The Labute approximate surface area is 91.6 Å². The second-order valence-electron chi connectivity index (χ2n) is 2.88. The maximum absolute atomic E-state index is 11.8. The van der Waals surface area contributed by atoms with Crippen LogP contribution in [0.2, 0.25) is 0 Å².